The van der Waals surface area contributed by atoms with Crippen LogP contribution in [0.2, 0.25) is 0 Å². The zero-order valence-corrected chi connectivity index (χ0v) is 13.8. The zero-order valence-electron chi connectivity index (χ0n) is 13.0. The maximum atomic E-state index is 5.32. The number of rotatable bonds is 7. The van der Waals surface area contributed by atoms with Crippen molar-refractivity contribution in [2.45, 2.75) is 26.3 Å². The number of hydrogen-bond acceptors (Lipinski definition) is 5. The van der Waals surface area contributed by atoms with Gasteiger partial charge in [0.2, 0.25) is 0 Å². The van der Waals surface area contributed by atoms with Crippen molar-refractivity contribution in [1.82, 2.24) is 10.3 Å². The molecule has 0 aliphatic rings. The van der Waals surface area contributed by atoms with Crippen LogP contribution in [0.25, 0.3) is 0 Å². The van der Waals surface area contributed by atoms with Crippen molar-refractivity contribution < 1.29 is 9.47 Å². The number of hydrogen-bond donors (Lipinski definition) is 1. The highest BCUT2D eigenvalue weighted by molar-refractivity contribution is 7.09. The number of benzene rings is 1. The van der Waals surface area contributed by atoms with Gasteiger partial charge >= 0.3 is 0 Å². The lowest BCUT2D eigenvalue weighted by Crippen LogP contribution is -2.21. The van der Waals surface area contributed by atoms with E-state index < -0.39 is 0 Å². The largest absolute Gasteiger partial charge is 0.493 e. The summed E-state index contributed by atoms with van der Waals surface area (Å²) in [5, 5.41) is 6.72. The van der Waals surface area contributed by atoms with E-state index in [2.05, 4.69) is 28.7 Å². The van der Waals surface area contributed by atoms with E-state index in [1.54, 1.807) is 25.6 Å². The molecule has 0 saturated carbocycles. The number of nitrogens with one attached hydrogen (secondary N) is 1. The van der Waals surface area contributed by atoms with E-state index in [9.17, 15) is 0 Å². The third kappa shape index (κ3) is 4.19. The van der Waals surface area contributed by atoms with Crippen molar-refractivity contribution in [1.29, 1.82) is 0 Å². The van der Waals surface area contributed by atoms with Crippen molar-refractivity contribution >= 4 is 11.3 Å². The van der Waals surface area contributed by atoms with Gasteiger partial charge in [-0.15, -0.1) is 11.3 Å². The highest BCUT2D eigenvalue weighted by Crippen LogP contribution is 2.27. The molecule has 0 aliphatic heterocycles. The van der Waals surface area contributed by atoms with Gasteiger partial charge in [0.25, 0.3) is 0 Å². The minimum Gasteiger partial charge on any atom is -0.493 e. The standard InChI is InChI=1S/C16H22N2O2S/c1-11(14-10-21-12(2)18-14)17-8-7-13-5-6-15(19-3)16(9-13)20-4/h5-6,9-11,17H,7-8H2,1-4H3. The highest BCUT2D eigenvalue weighted by atomic mass is 32.1. The maximum absolute atomic E-state index is 5.32. The molecule has 0 fully saturated rings. The third-order valence-corrected chi connectivity index (χ3v) is 4.18. The van der Waals surface area contributed by atoms with E-state index in [0.29, 0.717) is 0 Å². The smallest absolute Gasteiger partial charge is 0.160 e. The van der Waals surface area contributed by atoms with E-state index in [1.165, 1.54) is 5.56 Å². The van der Waals surface area contributed by atoms with Crippen LogP contribution in [0.5, 0.6) is 11.5 Å². The Balaban J connectivity index is 1.88. The second-order valence-corrected chi connectivity index (χ2v) is 5.97. The number of ether oxygens (including phenoxy) is 2. The molecule has 2 rings (SSSR count). The van der Waals surface area contributed by atoms with Crippen LogP contribution in [-0.2, 0) is 6.42 Å². The van der Waals surface area contributed by atoms with Crippen LogP contribution in [0.1, 0.15) is 29.2 Å². The normalized spacial score (nSPS) is 12.2. The van der Waals surface area contributed by atoms with E-state index in [-0.39, 0.29) is 6.04 Å². The summed E-state index contributed by atoms with van der Waals surface area (Å²) in [6.07, 6.45) is 0.938. The molecule has 0 saturated heterocycles. The van der Waals surface area contributed by atoms with E-state index in [1.807, 2.05) is 19.1 Å². The molecule has 0 spiro atoms. The van der Waals surface area contributed by atoms with Crippen LogP contribution in [0.3, 0.4) is 0 Å². The van der Waals surface area contributed by atoms with Gasteiger partial charge in [0.05, 0.1) is 24.9 Å². The van der Waals surface area contributed by atoms with Gasteiger partial charge in [-0.25, -0.2) is 4.98 Å². The second kappa shape index (κ2) is 7.43. The minimum absolute atomic E-state index is 0.273. The highest BCUT2D eigenvalue weighted by Gasteiger charge is 2.09. The number of aromatic nitrogens is 1. The van der Waals surface area contributed by atoms with E-state index in [0.717, 1.165) is 35.2 Å². The van der Waals surface area contributed by atoms with Crippen molar-refractivity contribution in [2.75, 3.05) is 20.8 Å². The molecule has 1 heterocycles. The molecule has 0 aliphatic carbocycles. The summed E-state index contributed by atoms with van der Waals surface area (Å²) in [5.74, 6) is 1.54. The number of thiazole rings is 1. The van der Waals surface area contributed by atoms with Crippen LogP contribution < -0.4 is 14.8 Å². The van der Waals surface area contributed by atoms with Gasteiger partial charge in [0, 0.05) is 11.4 Å². The molecule has 21 heavy (non-hydrogen) atoms. The predicted molar refractivity (Wildman–Crippen MR) is 86.5 cm³/mol. The lowest BCUT2D eigenvalue weighted by atomic mass is 10.1. The molecular formula is C16H22N2O2S. The summed E-state index contributed by atoms with van der Waals surface area (Å²) in [4.78, 5) is 4.51. The Kier molecular flexibility index (Phi) is 5.59. The predicted octanol–water partition coefficient (Wildman–Crippen LogP) is 3.36. The van der Waals surface area contributed by atoms with E-state index >= 15 is 0 Å². The van der Waals surface area contributed by atoms with Crippen LogP contribution in [0, 0.1) is 6.92 Å². The van der Waals surface area contributed by atoms with Crippen LogP contribution >= 0.6 is 11.3 Å². The number of aryl methyl sites for hydroxylation is 1. The molecule has 0 bridgehead atoms. The Labute approximate surface area is 130 Å². The first-order valence-corrected chi connectivity index (χ1v) is 7.88. The fraction of sp³-hybridized carbons (Fsp3) is 0.438. The molecule has 1 N–H and O–H groups in total. The SMILES string of the molecule is COc1ccc(CCNC(C)c2csc(C)n2)cc1OC. The molecule has 2 aromatic rings. The number of methoxy groups -OCH3 is 2. The molecule has 1 aromatic carbocycles. The Morgan fingerprint density at radius 2 is 2.00 bits per heavy atom. The lowest BCUT2D eigenvalue weighted by Gasteiger charge is -2.13. The van der Waals surface area contributed by atoms with Crippen LogP contribution in [0.15, 0.2) is 23.6 Å². The fourth-order valence-electron chi connectivity index (χ4n) is 2.15. The Hall–Kier alpha value is -1.59. The molecule has 5 heteroatoms. The van der Waals surface area contributed by atoms with Crippen LogP contribution in [-0.4, -0.2) is 25.7 Å². The molecule has 0 radical (unpaired) electrons. The van der Waals surface area contributed by atoms with Gasteiger partial charge in [-0.2, -0.15) is 0 Å². The first kappa shape index (κ1) is 15.8. The minimum atomic E-state index is 0.273. The summed E-state index contributed by atoms with van der Waals surface area (Å²) >= 11 is 1.69. The summed E-state index contributed by atoms with van der Waals surface area (Å²) in [7, 11) is 3.31. The fourth-order valence-corrected chi connectivity index (χ4v) is 2.86. The molecule has 0 amide bonds. The maximum Gasteiger partial charge on any atom is 0.160 e. The van der Waals surface area contributed by atoms with Crippen molar-refractivity contribution in [3.8, 4) is 11.5 Å². The summed E-state index contributed by atoms with van der Waals surface area (Å²) < 4.78 is 10.6. The molecule has 1 aromatic heterocycles. The van der Waals surface area contributed by atoms with E-state index in [4.69, 9.17) is 9.47 Å². The summed E-state index contributed by atoms with van der Waals surface area (Å²) in [5.41, 5.74) is 2.34. The van der Waals surface area contributed by atoms with Crippen molar-refractivity contribution in [2.24, 2.45) is 0 Å². The van der Waals surface area contributed by atoms with Gasteiger partial charge in [-0.3, -0.25) is 0 Å². The zero-order chi connectivity index (χ0) is 15.2. The van der Waals surface area contributed by atoms with Gasteiger partial charge in [-0.05, 0) is 44.5 Å². The second-order valence-electron chi connectivity index (χ2n) is 4.91. The molecule has 1 unspecified atom stereocenters. The van der Waals surface area contributed by atoms with Gasteiger partial charge in [0.15, 0.2) is 11.5 Å². The Bertz CT molecular complexity index is 583. The Morgan fingerprint density at radius 1 is 1.24 bits per heavy atom. The van der Waals surface area contributed by atoms with Crippen molar-refractivity contribution in [3.63, 3.8) is 0 Å². The van der Waals surface area contributed by atoms with Gasteiger partial charge < -0.3 is 14.8 Å². The number of nitrogens with zero attached hydrogens (tertiary/aromatic N) is 1. The van der Waals surface area contributed by atoms with Gasteiger partial charge in [-0.1, -0.05) is 6.07 Å². The van der Waals surface area contributed by atoms with Crippen LogP contribution in [0.4, 0.5) is 0 Å². The quantitative estimate of drug-likeness (QED) is 0.852. The molecule has 1 atom stereocenters. The molecule has 4 nitrogen and oxygen atoms in total. The first-order chi connectivity index (χ1) is 10.1. The monoisotopic (exact) mass is 306 g/mol. The summed E-state index contributed by atoms with van der Waals surface area (Å²) in [6.45, 7) is 5.07. The first-order valence-electron chi connectivity index (χ1n) is 7.00. The average molecular weight is 306 g/mol. The third-order valence-electron chi connectivity index (χ3n) is 3.39. The lowest BCUT2D eigenvalue weighted by molar-refractivity contribution is 0.354. The Morgan fingerprint density at radius 3 is 2.62 bits per heavy atom. The van der Waals surface area contributed by atoms with Gasteiger partial charge in [0.1, 0.15) is 0 Å². The average Bonchev–Trinajstić information content (AvgIpc) is 2.93. The van der Waals surface area contributed by atoms with Crippen molar-refractivity contribution in [3.05, 3.63) is 39.8 Å². The summed E-state index contributed by atoms with van der Waals surface area (Å²) in [6, 6.07) is 6.32. The topological polar surface area (TPSA) is 43.4 Å². The molecule has 114 valence electrons. The molecular weight excluding hydrogens is 284 g/mol.